The van der Waals surface area contributed by atoms with Gasteiger partial charge in [0.25, 0.3) is 0 Å². The first-order valence-corrected chi connectivity index (χ1v) is 5.84. The van der Waals surface area contributed by atoms with Crippen LogP contribution in [0.25, 0.3) is 0 Å². The van der Waals surface area contributed by atoms with E-state index in [1.165, 1.54) is 6.07 Å². The standard InChI is InChI=1S/C15H15FO2/c16-15-7-2-1-5-12(15)10-14(18)9-11-4-3-6-13(17)8-11/h1-8,14,17-18H,9-10H2. The van der Waals surface area contributed by atoms with E-state index in [2.05, 4.69) is 0 Å². The molecule has 1 atom stereocenters. The Bertz CT molecular complexity index is 525. The summed E-state index contributed by atoms with van der Waals surface area (Å²) in [5.41, 5.74) is 1.34. The molecule has 2 nitrogen and oxygen atoms in total. The Labute approximate surface area is 105 Å². The molecule has 94 valence electrons. The average Bonchev–Trinajstić information content (AvgIpc) is 2.32. The molecular weight excluding hydrogens is 231 g/mol. The lowest BCUT2D eigenvalue weighted by Gasteiger charge is -2.11. The number of phenols is 1. The summed E-state index contributed by atoms with van der Waals surface area (Å²) in [4.78, 5) is 0. The third kappa shape index (κ3) is 3.31. The molecule has 0 fully saturated rings. The molecule has 0 heterocycles. The maximum atomic E-state index is 13.4. The lowest BCUT2D eigenvalue weighted by atomic mass is 10.0. The van der Waals surface area contributed by atoms with Gasteiger partial charge < -0.3 is 10.2 Å². The van der Waals surface area contributed by atoms with Gasteiger partial charge in [0.15, 0.2) is 0 Å². The van der Waals surface area contributed by atoms with Gasteiger partial charge in [-0.2, -0.15) is 0 Å². The van der Waals surface area contributed by atoms with Crippen LogP contribution in [-0.2, 0) is 12.8 Å². The maximum absolute atomic E-state index is 13.4. The number of benzene rings is 2. The second-order valence-corrected chi connectivity index (χ2v) is 4.32. The van der Waals surface area contributed by atoms with Crippen molar-refractivity contribution in [1.29, 1.82) is 0 Å². The molecule has 0 aliphatic carbocycles. The molecule has 0 bridgehead atoms. The Morgan fingerprint density at radius 1 is 1.00 bits per heavy atom. The molecule has 0 aliphatic heterocycles. The van der Waals surface area contributed by atoms with E-state index >= 15 is 0 Å². The van der Waals surface area contributed by atoms with Crippen LogP contribution in [0.5, 0.6) is 5.75 Å². The van der Waals surface area contributed by atoms with Crippen LogP contribution in [0.3, 0.4) is 0 Å². The second-order valence-electron chi connectivity index (χ2n) is 4.32. The van der Waals surface area contributed by atoms with Crippen molar-refractivity contribution < 1.29 is 14.6 Å². The summed E-state index contributed by atoms with van der Waals surface area (Å²) < 4.78 is 13.4. The van der Waals surface area contributed by atoms with Gasteiger partial charge in [-0.3, -0.25) is 0 Å². The molecule has 0 saturated carbocycles. The molecule has 0 radical (unpaired) electrons. The normalized spacial score (nSPS) is 12.3. The van der Waals surface area contributed by atoms with Crippen molar-refractivity contribution in [2.24, 2.45) is 0 Å². The van der Waals surface area contributed by atoms with Crippen LogP contribution in [0, 0.1) is 5.82 Å². The van der Waals surface area contributed by atoms with Crippen LogP contribution in [0.2, 0.25) is 0 Å². The van der Waals surface area contributed by atoms with Crippen molar-refractivity contribution in [2.45, 2.75) is 18.9 Å². The van der Waals surface area contributed by atoms with Crippen molar-refractivity contribution in [2.75, 3.05) is 0 Å². The summed E-state index contributed by atoms with van der Waals surface area (Å²) in [7, 11) is 0. The number of rotatable bonds is 4. The summed E-state index contributed by atoms with van der Waals surface area (Å²) in [6, 6.07) is 13.2. The topological polar surface area (TPSA) is 40.5 Å². The Balaban J connectivity index is 2.01. The molecule has 0 aromatic heterocycles. The van der Waals surface area contributed by atoms with Gasteiger partial charge in [-0.25, -0.2) is 4.39 Å². The van der Waals surface area contributed by atoms with E-state index in [4.69, 9.17) is 0 Å². The minimum atomic E-state index is -0.663. The number of aliphatic hydroxyl groups excluding tert-OH is 1. The van der Waals surface area contributed by atoms with Gasteiger partial charge in [0.1, 0.15) is 11.6 Å². The van der Waals surface area contributed by atoms with Gasteiger partial charge in [-0.15, -0.1) is 0 Å². The highest BCUT2D eigenvalue weighted by Gasteiger charge is 2.10. The van der Waals surface area contributed by atoms with E-state index in [1.807, 2.05) is 6.07 Å². The third-order valence-electron chi connectivity index (χ3n) is 2.80. The first-order valence-electron chi connectivity index (χ1n) is 5.84. The van der Waals surface area contributed by atoms with Crippen LogP contribution in [0.15, 0.2) is 48.5 Å². The molecule has 0 amide bonds. The van der Waals surface area contributed by atoms with Gasteiger partial charge in [0.05, 0.1) is 6.10 Å². The lowest BCUT2D eigenvalue weighted by molar-refractivity contribution is 0.174. The molecule has 2 aromatic rings. The molecule has 0 saturated heterocycles. The van der Waals surface area contributed by atoms with Crippen LogP contribution < -0.4 is 0 Å². The molecule has 18 heavy (non-hydrogen) atoms. The molecule has 2 aromatic carbocycles. The predicted molar refractivity (Wildman–Crippen MR) is 67.9 cm³/mol. The minimum Gasteiger partial charge on any atom is -0.508 e. The monoisotopic (exact) mass is 246 g/mol. The predicted octanol–water partition coefficient (Wildman–Crippen LogP) is 2.68. The first kappa shape index (κ1) is 12.6. The quantitative estimate of drug-likeness (QED) is 0.870. The Kier molecular flexibility index (Phi) is 3.95. The van der Waals surface area contributed by atoms with E-state index < -0.39 is 6.10 Å². The summed E-state index contributed by atoms with van der Waals surface area (Å²) in [5, 5.41) is 19.2. The summed E-state index contributed by atoms with van der Waals surface area (Å²) in [6.07, 6.45) is -0.00544. The SMILES string of the molecule is Oc1cccc(CC(O)Cc2ccccc2F)c1. The maximum Gasteiger partial charge on any atom is 0.126 e. The molecule has 0 spiro atoms. The number of phenolic OH excluding ortho intramolecular Hbond substituents is 1. The van der Waals surface area contributed by atoms with E-state index in [0.717, 1.165) is 5.56 Å². The number of aliphatic hydroxyl groups is 1. The zero-order valence-electron chi connectivity index (χ0n) is 9.88. The van der Waals surface area contributed by atoms with E-state index in [0.29, 0.717) is 12.0 Å². The highest BCUT2D eigenvalue weighted by atomic mass is 19.1. The van der Waals surface area contributed by atoms with Gasteiger partial charge >= 0.3 is 0 Å². The van der Waals surface area contributed by atoms with E-state index in [1.54, 1.807) is 36.4 Å². The van der Waals surface area contributed by atoms with E-state index in [9.17, 15) is 14.6 Å². The van der Waals surface area contributed by atoms with Crippen LogP contribution >= 0.6 is 0 Å². The average molecular weight is 246 g/mol. The summed E-state index contributed by atoms with van der Waals surface area (Å²) >= 11 is 0. The van der Waals surface area contributed by atoms with Crippen LogP contribution in [0.4, 0.5) is 4.39 Å². The molecule has 1 unspecified atom stereocenters. The fourth-order valence-corrected chi connectivity index (χ4v) is 1.95. The number of hydrogen-bond acceptors (Lipinski definition) is 2. The summed E-state index contributed by atoms with van der Waals surface area (Å²) in [5.74, 6) is -0.127. The number of hydrogen-bond donors (Lipinski definition) is 2. The van der Waals surface area contributed by atoms with Crippen molar-refractivity contribution >= 4 is 0 Å². The smallest absolute Gasteiger partial charge is 0.126 e. The van der Waals surface area contributed by atoms with Gasteiger partial charge in [0.2, 0.25) is 0 Å². The highest BCUT2D eigenvalue weighted by Crippen LogP contribution is 2.15. The third-order valence-corrected chi connectivity index (χ3v) is 2.80. The molecule has 0 aliphatic rings. The van der Waals surface area contributed by atoms with Crippen molar-refractivity contribution in [3.8, 4) is 5.75 Å². The van der Waals surface area contributed by atoms with E-state index in [-0.39, 0.29) is 18.0 Å². The van der Waals surface area contributed by atoms with Crippen molar-refractivity contribution in [3.05, 3.63) is 65.5 Å². The fourth-order valence-electron chi connectivity index (χ4n) is 1.95. The number of aromatic hydroxyl groups is 1. The van der Waals surface area contributed by atoms with Crippen LogP contribution in [-0.4, -0.2) is 16.3 Å². The largest absolute Gasteiger partial charge is 0.508 e. The van der Waals surface area contributed by atoms with Crippen molar-refractivity contribution in [1.82, 2.24) is 0 Å². The zero-order valence-corrected chi connectivity index (χ0v) is 9.88. The number of halogens is 1. The van der Waals surface area contributed by atoms with Gasteiger partial charge in [-0.05, 0) is 35.7 Å². The van der Waals surface area contributed by atoms with Gasteiger partial charge in [0, 0.05) is 6.42 Å². The Hall–Kier alpha value is -1.87. The fraction of sp³-hybridized carbons (Fsp3) is 0.200. The Morgan fingerprint density at radius 2 is 1.78 bits per heavy atom. The second kappa shape index (κ2) is 5.65. The molecule has 2 rings (SSSR count). The molecular formula is C15H15FO2. The highest BCUT2D eigenvalue weighted by molar-refractivity contribution is 5.28. The van der Waals surface area contributed by atoms with Crippen LogP contribution in [0.1, 0.15) is 11.1 Å². The van der Waals surface area contributed by atoms with Gasteiger partial charge in [-0.1, -0.05) is 30.3 Å². The van der Waals surface area contributed by atoms with Crippen molar-refractivity contribution in [3.63, 3.8) is 0 Å². The minimum absolute atomic E-state index is 0.172. The molecule has 3 heteroatoms. The molecule has 2 N–H and O–H groups in total. The first-order chi connectivity index (χ1) is 8.65. The lowest BCUT2D eigenvalue weighted by Crippen LogP contribution is -2.14. The summed E-state index contributed by atoms with van der Waals surface area (Å²) in [6.45, 7) is 0. The zero-order chi connectivity index (χ0) is 13.0. The Morgan fingerprint density at radius 3 is 2.50 bits per heavy atom.